The van der Waals surface area contributed by atoms with Gasteiger partial charge in [-0.25, -0.2) is 0 Å². The molecule has 0 aromatic heterocycles. The highest BCUT2D eigenvalue weighted by molar-refractivity contribution is 7.80. The van der Waals surface area contributed by atoms with Crippen molar-refractivity contribution in [3.05, 3.63) is 0 Å². The quantitative estimate of drug-likeness (QED) is 0.542. The lowest BCUT2D eigenvalue weighted by atomic mass is 9.92. The Balaban J connectivity index is 3.50. The Morgan fingerprint density at radius 1 is 1.43 bits per heavy atom. The van der Waals surface area contributed by atoms with Crippen molar-refractivity contribution >= 4 is 23.1 Å². The van der Waals surface area contributed by atoms with Crippen LogP contribution in [0.2, 0.25) is 0 Å². The summed E-state index contributed by atoms with van der Waals surface area (Å²) < 4.78 is 0. The Hall–Kier alpha value is -0.640. The third-order valence-corrected chi connectivity index (χ3v) is 1.82. The minimum absolute atomic E-state index is 0.0489. The van der Waals surface area contributed by atoms with Crippen LogP contribution in [0.25, 0.3) is 0 Å². The summed E-state index contributed by atoms with van der Waals surface area (Å²) in [5.41, 5.74) is 5.38. The van der Waals surface area contributed by atoms with Crippen molar-refractivity contribution in [1.29, 1.82) is 0 Å². The van der Waals surface area contributed by atoms with Crippen LogP contribution in [-0.4, -0.2) is 17.4 Å². The molecule has 4 heteroatoms. The lowest BCUT2D eigenvalue weighted by Gasteiger charge is -2.17. The summed E-state index contributed by atoms with van der Waals surface area (Å²) in [6.07, 6.45) is 2.08. The first-order valence-electron chi connectivity index (χ1n) is 4.86. The van der Waals surface area contributed by atoms with E-state index >= 15 is 0 Å². The highest BCUT2D eigenvalue weighted by Gasteiger charge is 2.14. The fourth-order valence-electron chi connectivity index (χ4n) is 1.03. The van der Waals surface area contributed by atoms with E-state index in [2.05, 4.69) is 5.32 Å². The van der Waals surface area contributed by atoms with Crippen LogP contribution in [0.15, 0.2) is 0 Å². The van der Waals surface area contributed by atoms with Crippen LogP contribution in [-0.2, 0) is 4.79 Å². The van der Waals surface area contributed by atoms with E-state index in [1.165, 1.54) is 0 Å². The zero-order valence-corrected chi connectivity index (χ0v) is 10.0. The summed E-state index contributed by atoms with van der Waals surface area (Å²) >= 11 is 4.73. The molecule has 0 aliphatic carbocycles. The summed E-state index contributed by atoms with van der Waals surface area (Å²) in [6, 6.07) is 0. The fraction of sp³-hybridized carbons (Fsp3) is 0.800. The molecule has 0 spiro atoms. The van der Waals surface area contributed by atoms with Gasteiger partial charge >= 0.3 is 0 Å². The van der Waals surface area contributed by atoms with Crippen LogP contribution in [0, 0.1) is 5.41 Å². The van der Waals surface area contributed by atoms with Crippen LogP contribution < -0.4 is 11.1 Å². The standard InChI is InChI=1S/C10H20N2OS/c1-10(2,3)7-9(13)12-6-4-5-8(11)14/h4-7H2,1-3H3,(H2,11,14)(H,12,13). The van der Waals surface area contributed by atoms with E-state index in [0.29, 0.717) is 24.4 Å². The maximum absolute atomic E-state index is 11.3. The van der Waals surface area contributed by atoms with Gasteiger partial charge in [0.05, 0.1) is 4.99 Å². The number of carbonyl (C=O) groups is 1. The first-order chi connectivity index (χ1) is 6.31. The fourth-order valence-corrected chi connectivity index (χ4v) is 1.18. The van der Waals surface area contributed by atoms with E-state index in [4.69, 9.17) is 18.0 Å². The zero-order chi connectivity index (χ0) is 11.2. The summed E-state index contributed by atoms with van der Waals surface area (Å²) in [5, 5.41) is 2.84. The highest BCUT2D eigenvalue weighted by atomic mass is 32.1. The summed E-state index contributed by atoms with van der Waals surface area (Å²) in [5.74, 6) is 0.0976. The Kier molecular flexibility index (Phi) is 5.69. The van der Waals surface area contributed by atoms with Crippen LogP contribution in [0.3, 0.4) is 0 Å². The van der Waals surface area contributed by atoms with Gasteiger partial charge in [0.15, 0.2) is 0 Å². The summed E-state index contributed by atoms with van der Waals surface area (Å²) in [7, 11) is 0. The molecule has 0 saturated heterocycles. The SMILES string of the molecule is CC(C)(C)CC(=O)NCCCC(N)=S. The first kappa shape index (κ1) is 13.4. The van der Waals surface area contributed by atoms with Crippen LogP contribution in [0.1, 0.15) is 40.0 Å². The predicted octanol–water partition coefficient (Wildman–Crippen LogP) is 1.61. The minimum Gasteiger partial charge on any atom is -0.393 e. The van der Waals surface area contributed by atoms with Gasteiger partial charge in [-0.1, -0.05) is 33.0 Å². The smallest absolute Gasteiger partial charge is 0.220 e. The van der Waals surface area contributed by atoms with Crippen LogP contribution >= 0.6 is 12.2 Å². The molecule has 0 heterocycles. The molecule has 0 aliphatic heterocycles. The zero-order valence-electron chi connectivity index (χ0n) is 9.22. The third-order valence-electron chi connectivity index (χ3n) is 1.61. The number of thiocarbonyl (C=S) groups is 1. The number of rotatable bonds is 5. The Morgan fingerprint density at radius 2 is 2.00 bits per heavy atom. The van der Waals surface area contributed by atoms with Crippen molar-refractivity contribution in [1.82, 2.24) is 5.32 Å². The van der Waals surface area contributed by atoms with Crippen molar-refractivity contribution in [3.63, 3.8) is 0 Å². The average molecular weight is 216 g/mol. The molecule has 0 aliphatic rings. The molecule has 0 aromatic carbocycles. The summed E-state index contributed by atoms with van der Waals surface area (Å²) in [4.78, 5) is 11.8. The maximum atomic E-state index is 11.3. The molecular weight excluding hydrogens is 196 g/mol. The van der Waals surface area contributed by atoms with Gasteiger partial charge in [-0.3, -0.25) is 4.79 Å². The molecule has 0 atom stereocenters. The van der Waals surface area contributed by atoms with Gasteiger partial charge in [0.25, 0.3) is 0 Å². The van der Waals surface area contributed by atoms with Crippen molar-refractivity contribution in [2.75, 3.05) is 6.54 Å². The molecular formula is C10H20N2OS. The molecule has 0 fully saturated rings. The Morgan fingerprint density at radius 3 is 2.43 bits per heavy atom. The van der Waals surface area contributed by atoms with Crippen molar-refractivity contribution < 1.29 is 4.79 Å². The second-order valence-electron chi connectivity index (χ2n) is 4.66. The average Bonchev–Trinajstić information content (AvgIpc) is 1.94. The van der Waals surface area contributed by atoms with Gasteiger partial charge < -0.3 is 11.1 Å². The molecule has 3 nitrogen and oxygen atoms in total. The lowest BCUT2D eigenvalue weighted by molar-refractivity contribution is -0.122. The first-order valence-corrected chi connectivity index (χ1v) is 5.27. The number of nitrogens with two attached hydrogens (primary N) is 1. The highest BCUT2D eigenvalue weighted by Crippen LogP contribution is 2.17. The molecule has 14 heavy (non-hydrogen) atoms. The molecule has 0 rings (SSSR count). The van der Waals surface area contributed by atoms with Gasteiger partial charge in [0.1, 0.15) is 0 Å². The number of hydrogen-bond acceptors (Lipinski definition) is 2. The number of amides is 1. The molecule has 0 aromatic rings. The number of carbonyl (C=O) groups excluding carboxylic acids is 1. The number of hydrogen-bond donors (Lipinski definition) is 2. The summed E-state index contributed by atoms with van der Waals surface area (Å²) in [6.45, 7) is 6.79. The predicted molar refractivity (Wildman–Crippen MR) is 63.1 cm³/mol. The largest absolute Gasteiger partial charge is 0.393 e. The monoisotopic (exact) mass is 216 g/mol. The third kappa shape index (κ3) is 9.45. The second-order valence-corrected chi connectivity index (χ2v) is 5.18. The molecule has 3 N–H and O–H groups in total. The minimum atomic E-state index is 0.0489. The van der Waals surface area contributed by atoms with E-state index < -0.39 is 0 Å². The van der Waals surface area contributed by atoms with Gasteiger partial charge in [0, 0.05) is 13.0 Å². The molecule has 0 saturated carbocycles. The molecule has 0 radical (unpaired) electrons. The van der Waals surface area contributed by atoms with Crippen LogP contribution in [0.5, 0.6) is 0 Å². The molecule has 0 bridgehead atoms. The van der Waals surface area contributed by atoms with Gasteiger partial charge in [0.2, 0.25) is 5.91 Å². The maximum Gasteiger partial charge on any atom is 0.220 e. The second kappa shape index (κ2) is 5.96. The van der Waals surface area contributed by atoms with E-state index in [-0.39, 0.29) is 11.3 Å². The Labute approximate surface area is 91.4 Å². The van der Waals surface area contributed by atoms with E-state index in [1.807, 2.05) is 20.8 Å². The van der Waals surface area contributed by atoms with E-state index in [1.54, 1.807) is 0 Å². The van der Waals surface area contributed by atoms with E-state index in [0.717, 1.165) is 6.42 Å². The normalized spacial score (nSPS) is 11.1. The van der Waals surface area contributed by atoms with Crippen molar-refractivity contribution in [2.45, 2.75) is 40.0 Å². The Bertz CT molecular complexity index is 209. The van der Waals surface area contributed by atoms with Gasteiger partial charge in [-0.15, -0.1) is 0 Å². The molecule has 0 unspecified atom stereocenters. The topological polar surface area (TPSA) is 55.1 Å². The van der Waals surface area contributed by atoms with E-state index in [9.17, 15) is 4.79 Å². The number of nitrogens with one attached hydrogen (secondary N) is 1. The van der Waals surface area contributed by atoms with Gasteiger partial charge in [-0.05, 0) is 18.3 Å². The van der Waals surface area contributed by atoms with Crippen LogP contribution in [0.4, 0.5) is 0 Å². The van der Waals surface area contributed by atoms with Crippen molar-refractivity contribution in [2.24, 2.45) is 11.1 Å². The lowest BCUT2D eigenvalue weighted by Crippen LogP contribution is -2.28. The molecule has 82 valence electrons. The molecule has 1 amide bonds. The van der Waals surface area contributed by atoms with Crippen molar-refractivity contribution in [3.8, 4) is 0 Å². The van der Waals surface area contributed by atoms with Gasteiger partial charge in [-0.2, -0.15) is 0 Å².